The summed E-state index contributed by atoms with van der Waals surface area (Å²) >= 11 is 12.6. The molecular formula is C25H23Cl2F2N5O7S. The Hall–Kier alpha value is -3.53. The van der Waals surface area contributed by atoms with E-state index in [1.807, 2.05) is 0 Å². The van der Waals surface area contributed by atoms with E-state index >= 15 is 0 Å². The van der Waals surface area contributed by atoms with Gasteiger partial charge in [-0.2, -0.15) is 9.78 Å². The first-order chi connectivity index (χ1) is 19.9. The molecule has 3 aromatic rings. The number of methoxy groups -OCH3 is 1. The maximum Gasteiger partial charge on any atom is 0.349 e. The molecule has 2 aliphatic carbocycles. The summed E-state index contributed by atoms with van der Waals surface area (Å²) in [4.78, 5) is 37.5. The minimum Gasteiger partial charge on any atom is -0.495 e. The molecule has 2 aromatic carbocycles. The Balaban J connectivity index is 1.36. The van der Waals surface area contributed by atoms with Gasteiger partial charge < -0.3 is 14.8 Å². The fourth-order valence-electron chi connectivity index (χ4n) is 4.30. The average Bonchev–Trinajstić information content (AvgIpc) is 3.71. The van der Waals surface area contributed by atoms with E-state index < -0.39 is 39.4 Å². The van der Waals surface area contributed by atoms with Crippen molar-refractivity contribution in [3.8, 4) is 22.9 Å². The molecule has 12 nitrogen and oxygen atoms in total. The summed E-state index contributed by atoms with van der Waals surface area (Å²) in [5.41, 5.74) is -3.77. The monoisotopic (exact) mass is 645 g/mol. The second-order valence-corrected chi connectivity index (χ2v) is 12.3. The van der Waals surface area contributed by atoms with Gasteiger partial charge in [-0.3, -0.25) is 14.6 Å². The van der Waals surface area contributed by atoms with E-state index in [2.05, 4.69) is 15.1 Å². The molecule has 0 spiro atoms. The highest BCUT2D eigenvalue weighted by Gasteiger charge is 2.39. The highest BCUT2D eigenvalue weighted by molar-refractivity contribution is 7.89. The van der Waals surface area contributed by atoms with Crippen LogP contribution in [0.1, 0.15) is 37.8 Å². The predicted molar refractivity (Wildman–Crippen MR) is 146 cm³/mol. The summed E-state index contributed by atoms with van der Waals surface area (Å²) in [6.07, 6.45) is -0.606. The van der Waals surface area contributed by atoms with Crippen LogP contribution in [0.5, 0.6) is 17.2 Å². The number of aromatic amines is 1. The van der Waals surface area contributed by atoms with E-state index in [0.717, 1.165) is 25.0 Å². The van der Waals surface area contributed by atoms with Crippen LogP contribution < -0.4 is 30.8 Å². The lowest BCUT2D eigenvalue weighted by atomic mass is 9.80. The molecule has 224 valence electrons. The lowest BCUT2D eigenvalue weighted by Crippen LogP contribution is -2.49. The molecule has 0 bridgehead atoms. The molecule has 42 heavy (non-hydrogen) atoms. The summed E-state index contributed by atoms with van der Waals surface area (Å²) in [6.45, 7) is 0. The lowest BCUT2D eigenvalue weighted by Gasteiger charge is -2.34. The fraction of sp³-hybridized carbons (Fsp3) is 0.360. The van der Waals surface area contributed by atoms with Crippen molar-refractivity contribution in [1.29, 1.82) is 0 Å². The third-order valence-corrected chi connectivity index (χ3v) is 8.79. The second kappa shape index (κ2) is 11.6. The molecule has 2 fully saturated rings. The van der Waals surface area contributed by atoms with Gasteiger partial charge in [-0.15, -0.1) is 0 Å². The zero-order valence-electron chi connectivity index (χ0n) is 21.7. The number of nitrogens with one attached hydrogen (secondary N) is 3. The summed E-state index contributed by atoms with van der Waals surface area (Å²) in [7, 11) is -2.81. The Bertz CT molecular complexity index is 1750. The van der Waals surface area contributed by atoms with E-state index in [9.17, 15) is 31.6 Å². The van der Waals surface area contributed by atoms with Crippen LogP contribution in [0.15, 0.2) is 44.8 Å². The summed E-state index contributed by atoms with van der Waals surface area (Å²) < 4.78 is 66.8. The number of rotatable bonds is 10. The van der Waals surface area contributed by atoms with Gasteiger partial charge in [0.1, 0.15) is 16.4 Å². The van der Waals surface area contributed by atoms with Crippen molar-refractivity contribution in [2.75, 3.05) is 7.11 Å². The first-order valence-corrected chi connectivity index (χ1v) is 14.8. The number of aromatic nitrogens is 3. The van der Waals surface area contributed by atoms with Gasteiger partial charge in [0, 0.05) is 24.1 Å². The van der Waals surface area contributed by atoms with Crippen molar-refractivity contribution in [2.45, 2.75) is 49.1 Å². The van der Waals surface area contributed by atoms with Crippen LogP contribution >= 0.6 is 23.2 Å². The third-order valence-electron chi connectivity index (χ3n) is 6.69. The number of H-pyrrole nitrogens is 1. The topological polar surface area (TPSA) is 161 Å². The maximum absolute atomic E-state index is 13.2. The smallest absolute Gasteiger partial charge is 0.349 e. The van der Waals surface area contributed by atoms with Crippen molar-refractivity contribution < 1.29 is 31.5 Å². The molecule has 3 N–H and O–H groups in total. The second-order valence-electron chi connectivity index (χ2n) is 9.78. The van der Waals surface area contributed by atoms with Crippen molar-refractivity contribution in [3.05, 3.63) is 66.9 Å². The van der Waals surface area contributed by atoms with Crippen LogP contribution in [0.4, 0.5) is 8.78 Å². The first kappa shape index (κ1) is 29.9. The van der Waals surface area contributed by atoms with Crippen LogP contribution in [0.2, 0.25) is 10.0 Å². The van der Waals surface area contributed by atoms with Gasteiger partial charge in [0.25, 0.3) is 12.0 Å². The fourth-order valence-corrected chi connectivity index (χ4v) is 6.30. The van der Waals surface area contributed by atoms with Crippen LogP contribution in [0.3, 0.4) is 0 Å². The minimum absolute atomic E-state index is 0.00217. The zero-order chi connectivity index (χ0) is 30.3. The van der Waals surface area contributed by atoms with Gasteiger partial charge >= 0.3 is 5.69 Å². The summed E-state index contributed by atoms with van der Waals surface area (Å²) in [6, 6.07) is 6.03. The number of ether oxygens (including phenoxy) is 2. The number of hydrogen-bond donors (Lipinski definition) is 3. The van der Waals surface area contributed by atoms with Gasteiger partial charge in [-0.05, 0) is 49.9 Å². The normalized spacial score (nSPS) is 18.4. The minimum atomic E-state index is -4.11. The van der Waals surface area contributed by atoms with Gasteiger partial charge in [0.15, 0.2) is 11.4 Å². The van der Waals surface area contributed by atoms with Gasteiger partial charge in [0.05, 0.1) is 22.8 Å². The number of sulfonamides is 1. The Morgan fingerprint density at radius 1 is 1.12 bits per heavy atom. The Kier molecular flexibility index (Phi) is 8.29. The quantitative estimate of drug-likeness (QED) is 0.303. The molecule has 0 aliphatic heterocycles. The number of amides is 1. The number of alkyl halides is 2. The zero-order valence-corrected chi connectivity index (χ0v) is 24.0. The molecule has 0 unspecified atom stereocenters. The number of nitrogens with zero attached hydrogens (tertiary/aromatic N) is 2. The van der Waals surface area contributed by atoms with Gasteiger partial charge in [0.2, 0.25) is 15.9 Å². The number of benzene rings is 2. The summed E-state index contributed by atoms with van der Waals surface area (Å²) in [5.74, 6) is -0.438. The van der Waals surface area contributed by atoms with E-state index in [1.165, 1.54) is 25.3 Å². The first-order valence-electron chi connectivity index (χ1n) is 12.6. The highest BCUT2D eigenvalue weighted by atomic mass is 35.5. The Morgan fingerprint density at radius 2 is 1.79 bits per heavy atom. The van der Waals surface area contributed by atoms with Gasteiger partial charge in [-0.1, -0.05) is 23.2 Å². The number of hydrogen-bond acceptors (Lipinski definition) is 8. The third kappa shape index (κ3) is 6.28. The molecule has 1 heterocycles. The van der Waals surface area contributed by atoms with Crippen LogP contribution in [0, 0.1) is 5.92 Å². The highest BCUT2D eigenvalue weighted by Crippen LogP contribution is 2.40. The number of halogens is 4. The van der Waals surface area contributed by atoms with Crippen LogP contribution in [0.25, 0.3) is 5.69 Å². The molecule has 0 radical (unpaired) electrons. The standard InChI is InChI=1S/C25H23Cl2F2N5O7S/c1-40-18-5-4-15(10-19(18)42(38,39)33-13-6-11(7-13)23(35)30-12-2-3-12)41-21-16(26)8-14(9-17(21)27)34-25(37)31-24(36)20(32-34)22(28)29/h4-5,8-13,22,33H,2-3,6-7H2,1H3,(H,30,35)(H,31,36,37). The Morgan fingerprint density at radius 3 is 2.38 bits per heavy atom. The van der Waals surface area contributed by atoms with Gasteiger partial charge in [-0.25, -0.2) is 26.7 Å². The average molecular weight is 646 g/mol. The van der Waals surface area contributed by atoms with Crippen molar-refractivity contribution in [1.82, 2.24) is 24.8 Å². The maximum atomic E-state index is 13.2. The van der Waals surface area contributed by atoms with Crippen LogP contribution in [-0.4, -0.2) is 48.3 Å². The SMILES string of the molecule is COc1ccc(Oc2c(Cl)cc(-n3nc(C(F)F)c(=O)[nH]c3=O)cc2Cl)cc1S(=O)(=O)NC1CC(C(=O)NC2CC2)C1. The molecule has 5 rings (SSSR count). The van der Waals surface area contributed by atoms with Crippen molar-refractivity contribution in [2.24, 2.45) is 5.92 Å². The lowest BCUT2D eigenvalue weighted by molar-refractivity contribution is -0.128. The molecule has 2 aliphatic rings. The molecule has 1 amide bonds. The van der Waals surface area contributed by atoms with Crippen molar-refractivity contribution in [3.63, 3.8) is 0 Å². The molecule has 0 saturated heterocycles. The van der Waals surface area contributed by atoms with E-state index in [4.69, 9.17) is 32.7 Å². The van der Waals surface area contributed by atoms with E-state index in [0.29, 0.717) is 17.5 Å². The predicted octanol–water partition coefficient (Wildman–Crippen LogP) is 3.30. The molecule has 0 atom stereocenters. The molecule has 2 saturated carbocycles. The Labute approximate surface area is 247 Å². The van der Waals surface area contributed by atoms with E-state index in [1.54, 1.807) is 4.98 Å². The summed E-state index contributed by atoms with van der Waals surface area (Å²) in [5, 5.41) is 5.95. The molecule has 17 heteroatoms. The molecular weight excluding hydrogens is 623 g/mol. The number of carbonyl (C=O) groups is 1. The largest absolute Gasteiger partial charge is 0.495 e. The van der Waals surface area contributed by atoms with Crippen molar-refractivity contribution >= 4 is 39.1 Å². The molecule has 1 aromatic heterocycles. The van der Waals surface area contributed by atoms with Crippen LogP contribution in [-0.2, 0) is 14.8 Å². The number of carbonyl (C=O) groups excluding carboxylic acids is 1. The van der Waals surface area contributed by atoms with E-state index in [-0.39, 0.29) is 55.7 Å².